The highest BCUT2D eigenvalue weighted by atomic mass is 16.3. The molecule has 0 amide bonds. The Hall–Kier alpha value is -2.30. The summed E-state index contributed by atoms with van der Waals surface area (Å²) < 4.78 is 0. The molecule has 21 heavy (non-hydrogen) atoms. The van der Waals surface area contributed by atoms with Gasteiger partial charge < -0.3 is 10.2 Å². The molecular formula is C17H20N2O2. The van der Waals surface area contributed by atoms with E-state index in [-0.39, 0.29) is 23.2 Å². The van der Waals surface area contributed by atoms with Gasteiger partial charge in [-0.15, -0.1) is 0 Å². The second-order valence-electron chi connectivity index (χ2n) is 5.60. The smallest absolute Gasteiger partial charge is 0.175 e. The number of nitrogens with zero attached hydrogens (tertiary/aromatic N) is 2. The third kappa shape index (κ3) is 3.84. The van der Waals surface area contributed by atoms with Crippen LogP contribution in [0, 0.1) is 22.7 Å². The molecule has 4 nitrogen and oxygen atoms in total. The summed E-state index contributed by atoms with van der Waals surface area (Å²) in [7, 11) is 0. The van der Waals surface area contributed by atoms with Crippen molar-refractivity contribution in [1.82, 2.24) is 0 Å². The molecule has 0 aromatic heterocycles. The van der Waals surface area contributed by atoms with E-state index in [1.54, 1.807) is 18.2 Å². The number of aliphatic hydroxyl groups is 1. The maximum atomic E-state index is 10.3. The molecule has 1 aromatic rings. The minimum atomic E-state index is -1.44. The van der Waals surface area contributed by atoms with Crippen LogP contribution in [0.2, 0.25) is 0 Å². The zero-order valence-corrected chi connectivity index (χ0v) is 12.8. The largest absolute Gasteiger partial charge is 0.507 e. The molecule has 0 aliphatic heterocycles. The minimum absolute atomic E-state index is 0.00685. The molecule has 0 saturated heterocycles. The standard InChI is InChI=1S/C17H20N2O2/c1-10(2)14-6-12(5-13(8-18)16(20)9-19)7-15(11(3)4)17(14)21/h5-7,10-11,16,20-21H,1-4H3. The molecule has 1 atom stereocenters. The maximum absolute atomic E-state index is 10.3. The molecule has 0 fully saturated rings. The van der Waals surface area contributed by atoms with E-state index < -0.39 is 6.10 Å². The monoisotopic (exact) mass is 284 g/mol. The molecule has 2 N–H and O–H groups in total. The molecule has 0 heterocycles. The van der Waals surface area contributed by atoms with Crippen LogP contribution in [0.15, 0.2) is 17.7 Å². The van der Waals surface area contributed by atoms with E-state index in [0.29, 0.717) is 5.56 Å². The molecule has 0 aliphatic carbocycles. The van der Waals surface area contributed by atoms with Gasteiger partial charge in [0.2, 0.25) is 0 Å². The molecule has 0 bridgehead atoms. The van der Waals surface area contributed by atoms with Crippen LogP contribution in [-0.4, -0.2) is 16.3 Å². The number of aromatic hydroxyl groups is 1. The van der Waals surface area contributed by atoms with Crippen molar-refractivity contribution in [1.29, 1.82) is 10.5 Å². The van der Waals surface area contributed by atoms with Crippen molar-refractivity contribution in [2.75, 3.05) is 0 Å². The first kappa shape index (κ1) is 16.8. The molecular weight excluding hydrogens is 264 g/mol. The number of rotatable bonds is 4. The Bertz CT molecular complexity index is 602. The summed E-state index contributed by atoms with van der Waals surface area (Å²) in [6.45, 7) is 7.90. The van der Waals surface area contributed by atoms with Gasteiger partial charge in [0.1, 0.15) is 5.75 Å². The highest BCUT2D eigenvalue weighted by Crippen LogP contribution is 2.35. The number of hydrogen-bond acceptors (Lipinski definition) is 4. The molecule has 110 valence electrons. The predicted octanol–water partition coefficient (Wildman–Crippen LogP) is 3.43. The molecule has 0 spiro atoms. The van der Waals surface area contributed by atoms with Crippen molar-refractivity contribution in [2.24, 2.45) is 0 Å². The van der Waals surface area contributed by atoms with Crippen LogP contribution in [-0.2, 0) is 0 Å². The first-order valence-electron chi connectivity index (χ1n) is 6.88. The summed E-state index contributed by atoms with van der Waals surface area (Å²) >= 11 is 0. The van der Waals surface area contributed by atoms with E-state index in [1.165, 1.54) is 6.08 Å². The van der Waals surface area contributed by atoms with Crippen molar-refractivity contribution in [3.8, 4) is 17.9 Å². The zero-order chi connectivity index (χ0) is 16.2. The fraction of sp³-hybridized carbons (Fsp3) is 0.412. The number of phenols is 1. The number of benzene rings is 1. The van der Waals surface area contributed by atoms with Gasteiger partial charge in [-0.2, -0.15) is 10.5 Å². The molecule has 0 saturated carbocycles. The fourth-order valence-corrected chi connectivity index (χ4v) is 2.09. The summed E-state index contributed by atoms with van der Waals surface area (Å²) in [6.07, 6.45) is 0.0549. The van der Waals surface area contributed by atoms with Crippen molar-refractivity contribution >= 4 is 6.08 Å². The van der Waals surface area contributed by atoms with Crippen LogP contribution in [0.1, 0.15) is 56.2 Å². The number of phenolic OH excluding ortho intramolecular Hbond substituents is 1. The van der Waals surface area contributed by atoms with Crippen molar-refractivity contribution < 1.29 is 10.2 Å². The maximum Gasteiger partial charge on any atom is 0.175 e. The summed E-state index contributed by atoms with van der Waals surface area (Å²) in [6, 6.07) is 7.05. The van der Waals surface area contributed by atoms with Gasteiger partial charge in [0.25, 0.3) is 0 Å². The van der Waals surface area contributed by atoms with E-state index in [4.69, 9.17) is 10.5 Å². The number of hydrogen-bond donors (Lipinski definition) is 2. The fourth-order valence-electron chi connectivity index (χ4n) is 2.09. The van der Waals surface area contributed by atoms with Crippen LogP contribution >= 0.6 is 0 Å². The molecule has 1 rings (SSSR count). The van der Waals surface area contributed by atoms with Crippen molar-refractivity contribution in [3.05, 3.63) is 34.4 Å². The van der Waals surface area contributed by atoms with Crippen LogP contribution in [0.25, 0.3) is 6.08 Å². The highest BCUT2D eigenvalue weighted by Gasteiger charge is 2.16. The second kappa shape index (κ2) is 6.92. The van der Waals surface area contributed by atoms with Gasteiger partial charge in [0, 0.05) is 0 Å². The topological polar surface area (TPSA) is 88.0 Å². The van der Waals surface area contributed by atoms with Crippen molar-refractivity contribution in [3.63, 3.8) is 0 Å². The lowest BCUT2D eigenvalue weighted by Gasteiger charge is -2.16. The van der Waals surface area contributed by atoms with E-state index in [2.05, 4.69) is 0 Å². The average molecular weight is 284 g/mol. The lowest BCUT2D eigenvalue weighted by molar-refractivity contribution is 0.271. The Labute approximate surface area is 125 Å². The summed E-state index contributed by atoms with van der Waals surface area (Å²) in [5.74, 6) is 0.529. The average Bonchev–Trinajstić information content (AvgIpc) is 2.44. The van der Waals surface area contributed by atoms with Crippen LogP contribution in [0.4, 0.5) is 0 Å². The zero-order valence-electron chi connectivity index (χ0n) is 12.8. The van der Waals surface area contributed by atoms with E-state index >= 15 is 0 Å². The van der Waals surface area contributed by atoms with Gasteiger partial charge >= 0.3 is 0 Å². The van der Waals surface area contributed by atoms with Gasteiger partial charge in [0.15, 0.2) is 6.10 Å². The summed E-state index contributed by atoms with van der Waals surface area (Å²) in [5, 5.41) is 37.5. The Balaban J connectivity index is 3.48. The Morgan fingerprint density at radius 2 is 1.57 bits per heavy atom. The van der Waals surface area contributed by atoms with Crippen LogP contribution in [0.3, 0.4) is 0 Å². The van der Waals surface area contributed by atoms with E-state index in [9.17, 15) is 10.2 Å². The third-order valence-corrected chi connectivity index (χ3v) is 3.30. The first-order chi connectivity index (χ1) is 9.81. The number of nitriles is 2. The Kier molecular flexibility index (Phi) is 5.52. The lowest BCUT2D eigenvalue weighted by atomic mass is 9.91. The van der Waals surface area contributed by atoms with Gasteiger partial charge in [0.05, 0.1) is 17.7 Å². The van der Waals surface area contributed by atoms with Gasteiger partial charge in [-0.05, 0) is 46.7 Å². The van der Waals surface area contributed by atoms with Crippen LogP contribution < -0.4 is 0 Å². The molecule has 0 aliphatic rings. The van der Waals surface area contributed by atoms with Gasteiger partial charge in [-0.25, -0.2) is 0 Å². The minimum Gasteiger partial charge on any atom is -0.507 e. The Morgan fingerprint density at radius 1 is 1.10 bits per heavy atom. The first-order valence-corrected chi connectivity index (χ1v) is 6.88. The van der Waals surface area contributed by atoms with Crippen molar-refractivity contribution in [2.45, 2.75) is 45.6 Å². The third-order valence-electron chi connectivity index (χ3n) is 3.30. The van der Waals surface area contributed by atoms with E-state index in [0.717, 1.165) is 11.1 Å². The SMILES string of the molecule is CC(C)c1cc(C=C(C#N)C(O)C#N)cc(C(C)C)c1O. The van der Waals surface area contributed by atoms with Crippen LogP contribution in [0.5, 0.6) is 5.75 Å². The quantitative estimate of drug-likeness (QED) is 0.655. The number of aliphatic hydroxyl groups excluding tert-OH is 1. The molecule has 1 unspecified atom stereocenters. The highest BCUT2D eigenvalue weighted by molar-refractivity contribution is 5.63. The van der Waals surface area contributed by atoms with Gasteiger partial charge in [-0.1, -0.05) is 27.7 Å². The molecule has 4 heteroatoms. The molecule has 0 radical (unpaired) electrons. The molecule has 1 aromatic carbocycles. The normalized spacial score (nSPS) is 13.1. The predicted molar refractivity (Wildman–Crippen MR) is 81.5 cm³/mol. The summed E-state index contributed by atoms with van der Waals surface area (Å²) in [5.41, 5.74) is 2.27. The Morgan fingerprint density at radius 3 is 1.90 bits per heavy atom. The lowest BCUT2D eigenvalue weighted by Crippen LogP contribution is -2.05. The summed E-state index contributed by atoms with van der Waals surface area (Å²) in [4.78, 5) is 0. The van der Waals surface area contributed by atoms with E-state index in [1.807, 2.05) is 33.8 Å². The van der Waals surface area contributed by atoms with Gasteiger partial charge in [-0.3, -0.25) is 0 Å². The second-order valence-corrected chi connectivity index (χ2v) is 5.60.